The van der Waals surface area contributed by atoms with Crippen LogP contribution < -0.4 is 10.6 Å². The summed E-state index contributed by atoms with van der Waals surface area (Å²) >= 11 is 0. The van der Waals surface area contributed by atoms with Gasteiger partial charge in [0.2, 0.25) is 0 Å². The Morgan fingerprint density at radius 1 is 1.42 bits per heavy atom. The van der Waals surface area contributed by atoms with Crippen LogP contribution in [0.4, 0.5) is 0 Å². The first-order valence-electron chi connectivity index (χ1n) is 7.31. The van der Waals surface area contributed by atoms with Crippen LogP contribution in [0.2, 0.25) is 0 Å². The number of fused-ring (bicyclic) bond motifs is 1. The van der Waals surface area contributed by atoms with Gasteiger partial charge in [-0.25, -0.2) is 0 Å². The van der Waals surface area contributed by atoms with Gasteiger partial charge in [0.25, 0.3) is 0 Å². The normalized spacial score (nSPS) is 29.4. The minimum atomic E-state index is 0.227. The van der Waals surface area contributed by atoms with Gasteiger partial charge in [0.05, 0.1) is 6.54 Å². The standard InChI is InChI=1S/C16H23N3/c1-12-10-17-15(19-12)18-11-16(2)9-5-7-13-6-3-4-8-14(13)16/h3-4,6,8,12H,5,7,9-11H2,1-2H3,(H2,17,18,19). The number of aryl methyl sites for hydroxylation is 1. The molecule has 0 amide bonds. The van der Waals surface area contributed by atoms with E-state index < -0.39 is 0 Å². The summed E-state index contributed by atoms with van der Waals surface area (Å²) in [7, 11) is 0. The molecule has 3 rings (SSSR count). The van der Waals surface area contributed by atoms with E-state index in [1.54, 1.807) is 0 Å². The van der Waals surface area contributed by atoms with Gasteiger partial charge in [-0.1, -0.05) is 31.2 Å². The zero-order valence-corrected chi connectivity index (χ0v) is 11.9. The van der Waals surface area contributed by atoms with Crippen molar-refractivity contribution in [3.8, 4) is 0 Å². The fraction of sp³-hybridized carbons (Fsp3) is 0.562. The van der Waals surface area contributed by atoms with Crippen LogP contribution in [0.3, 0.4) is 0 Å². The number of guanidine groups is 1. The molecule has 0 aromatic heterocycles. The molecule has 0 saturated heterocycles. The molecule has 1 aliphatic carbocycles. The fourth-order valence-electron chi connectivity index (χ4n) is 3.25. The van der Waals surface area contributed by atoms with Crippen molar-refractivity contribution in [2.45, 2.75) is 44.6 Å². The number of nitrogens with one attached hydrogen (secondary N) is 2. The lowest BCUT2D eigenvalue weighted by molar-refractivity contribution is 0.389. The summed E-state index contributed by atoms with van der Waals surface area (Å²) in [5.74, 6) is 0.969. The zero-order valence-electron chi connectivity index (χ0n) is 11.9. The Balaban J connectivity index is 1.73. The Bertz CT molecular complexity index is 495. The van der Waals surface area contributed by atoms with Crippen molar-refractivity contribution in [1.82, 2.24) is 10.6 Å². The summed E-state index contributed by atoms with van der Waals surface area (Å²) in [6.07, 6.45) is 3.76. The fourth-order valence-corrected chi connectivity index (χ4v) is 3.25. The Hall–Kier alpha value is -1.51. The third kappa shape index (κ3) is 2.46. The molecule has 0 spiro atoms. The molecule has 1 aliphatic heterocycles. The topological polar surface area (TPSA) is 36.4 Å². The van der Waals surface area contributed by atoms with Gasteiger partial charge in [0.1, 0.15) is 0 Å². The van der Waals surface area contributed by atoms with E-state index >= 15 is 0 Å². The van der Waals surface area contributed by atoms with Gasteiger partial charge in [-0.05, 0) is 37.3 Å². The zero-order chi connectivity index (χ0) is 13.3. The van der Waals surface area contributed by atoms with Gasteiger partial charge < -0.3 is 10.6 Å². The highest BCUT2D eigenvalue weighted by atomic mass is 15.2. The van der Waals surface area contributed by atoms with E-state index in [0.717, 1.165) is 19.0 Å². The third-order valence-corrected chi connectivity index (χ3v) is 4.39. The number of hydrogen-bond donors (Lipinski definition) is 2. The average Bonchev–Trinajstić information content (AvgIpc) is 2.83. The second kappa shape index (κ2) is 4.87. The largest absolute Gasteiger partial charge is 0.356 e. The molecule has 3 nitrogen and oxygen atoms in total. The molecule has 0 radical (unpaired) electrons. The van der Waals surface area contributed by atoms with Crippen LogP contribution in [0.5, 0.6) is 0 Å². The predicted molar refractivity (Wildman–Crippen MR) is 79.6 cm³/mol. The van der Waals surface area contributed by atoms with Gasteiger partial charge in [-0.2, -0.15) is 0 Å². The molecule has 2 unspecified atom stereocenters. The molecule has 102 valence electrons. The molecule has 0 bridgehead atoms. The lowest BCUT2D eigenvalue weighted by Crippen LogP contribution is -2.45. The SMILES string of the molecule is CC1CN=C(NCC2(C)CCCc3ccccc32)N1. The smallest absolute Gasteiger partial charge is 0.191 e. The molecule has 1 aromatic rings. The van der Waals surface area contributed by atoms with Crippen LogP contribution in [0, 0.1) is 0 Å². The van der Waals surface area contributed by atoms with Crippen molar-refractivity contribution in [3.05, 3.63) is 35.4 Å². The molecule has 2 N–H and O–H groups in total. The van der Waals surface area contributed by atoms with E-state index in [2.05, 4.69) is 53.7 Å². The number of benzene rings is 1. The van der Waals surface area contributed by atoms with Crippen molar-refractivity contribution >= 4 is 5.96 Å². The van der Waals surface area contributed by atoms with Gasteiger partial charge in [-0.3, -0.25) is 4.99 Å². The monoisotopic (exact) mass is 257 g/mol. The van der Waals surface area contributed by atoms with E-state index in [4.69, 9.17) is 0 Å². The van der Waals surface area contributed by atoms with Gasteiger partial charge in [-0.15, -0.1) is 0 Å². The number of rotatable bonds is 2. The Kier molecular flexibility index (Phi) is 3.21. The summed E-state index contributed by atoms with van der Waals surface area (Å²) in [5.41, 5.74) is 3.26. The second-order valence-corrected chi connectivity index (χ2v) is 6.16. The van der Waals surface area contributed by atoms with E-state index in [-0.39, 0.29) is 5.41 Å². The number of aliphatic imine (C=N–C) groups is 1. The summed E-state index contributed by atoms with van der Waals surface area (Å²) < 4.78 is 0. The molecule has 2 aliphatic rings. The molecule has 3 heteroatoms. The maximum atomic E-state index is 4.48. The molecule has 0 fully saturated rings. The van der Waals surface area contributed by atoms with Crippen LogP contribution in [0.25, 0.3) is 0 Å². The minimum absolute atomic E-state index is 0.227. The van der Waals surface area contributed by atoms with Gasteiger partial charge in [0, 0.05) is 18.0 Å². The lowest BCUT2D eigenvalue weighted by Gasteiger charge is -2.36. The maximum absolute atomic E-state index is 4.48. The van der Waals surface area contributed by atoms with Crippen LogP contribution in [-0.4, -0.2) is 25.1 Å². The average molecular weight is 257 g/mol. The van der Waals surface area contributed by atoms with E-state index in [1.165, 1.54) is 30.4 Å². The summed E-state index contributed by atoms with van der Waals surface area (Å²) in [6.45, 7) is 6.38. The second-order valence-electron chi connectivity index (χ2n) is 6.16. The van der Waals surface area contributed by atoms with Crippen LogP contribution in [-0.2, 0) is 11.8 Å². The maximum Gasteiger partial charge on any atom is 0.191 e. The number of nitrogens with zero attached hydrogens (tertiary/aromatic N) is 1. The summed E-state index contributed by atoms with van der Waals surface area (Å²) in [6, 6.07) is 9.36. The Labute approximate surface area is 115 Å². The Morgan fingerprint density at radius 3 is 3.05 bits per heavy atom. The van der Waals surface area contributed by atoms with Crippen LogP contribution in [0.1, 0.15) is 37.8 Å². The first kappa shape index (κ1) is 12.5. The highest BCUT2D eigenvalue weighted by Crippen LogP contribution is 2.36. The molecule has 2 atom stereocenters. The predicted octanol–water partition coefficient (Wildman–Crippen LogP) is 2.22. The van der Waals surface area contributed by atoms with Crippen molar-refractivity contribution in [3.63, 3.8) is 0 Å². The van der Waals surface area contributed by atoms with Gasteiger partial charge >= 0.3 is 0 Å². The molecule has 1 aromatic carbocycles. The van der Waals surface area contributed by atoms with Crippen molar-refractivity contribution in [1.29, 1.82) is 0 Å². The molecule has 0 saturated carbocycles. The molecule has 1 heterocycles. The molecule has 19 heavy (non-hydrogen) atoms. The van der Waals surface area contributed by atoms with Crippen molar-refractivity contribution < 1.29 is 0 Å². The first-order chi connectivity index (χ1) is 9.17. The quantitative estimate of drug-likeness (QED) is 0.852. The lowest BCUT2D eigenvalue weighted by atomic mass is 9.71. The van der Waals surface area contributed by atoms with E-state index in [9.17, 15) is 0 Å². The third-order valence-electron chi connectivity index (χ3n) is 4.39. The van der Waals surface area contributed by atoms with Crippen LogP contribution >= 0.6 is 0 Å². The summed E-state index contributed by atoms with van der Waals surface area (Å²) in [4.78, 5) is 4.48. The van der Waals surface area contributed by atoms with Crippen molar-refractivity contribution in [2.24, 2.45) is 4.99 Å². The summed E-state index contributed by atoms with van der Waals surface area (Å²) in [5, 5.41) is 6.88. The highest BCUT2D eigenvalue weighted by Gasteiger charge is 2.32. The van der Waals surface area contributed by atoms with Crippen molar-refractivity contribution in [2.75, 3.05) is 13.1 Å². The first-order valence-corrected chi connectivity index (χ1v) is 7.31. The van der Waals surface area contributed by atoms with Crippen LogP contribution in [0.15, 0.2) is 29.3 Å². The molecular weight excluding hydrogens is 234 g/mol. The number of hydrogen-bond acceptors (Lipinski definition) is 3. The van der Waals surface area contributed by atoms with E-state index in [1.807, 2.05) is 0 Å². The van der Waals surface area contributed by atoms with E-state index in [0.29, 0.717) is 6.04 Å². The Morgan fingerprint density at radius 2 is 2.26 bits per heavy atom. The molecular formula is C16H23N3. The highest BCUT2D eigenvalue weighted by molar-refractivity contribution is 5.81. The minimum Gasteiger partial charge on any atom is -0.356 e. The van der Waals surface area contributed by atoms with Gasteiger partial charge in [0.15, 0.2) is 5.96 Å².